The molecule has 1 saturated heterocycles. The van der Waals surface area contributed by atoms with Crippen LogP contribution in [0.5, 0.6) is 11.5 Å². The SMILES string of the molecule is N#Cc1ccc([S+]([O-])N2C[C@H](Oc3ccc(C#N)cc3OCC(F)(F)F)C(O)(CO)C2)cc1. The minimum absolute atomic E-state index is 0.0342. The first kappa shape index (κ1) is 24.6. The molecule has 1 aliphatic heterocycles. The van der Waals surface area contributed by atoms with Crippen molar-refractivity contribution in [1.29, 1.82) is 10.5 Å². The van der Waals surface area contributed by atoms with Gasteiger partial charge in [0.15, 0.2) is 23.0 Å². The highest BCUT2D eigenvalue weighted by molar-refractivity contribution is 7.89. The molecular weight excluding hydrogens is 463 g/mol. The molecule has 33 heavy (non-hydrogen) atoms. The molecule has 1 heterocycles. The molecule has 2 N–H and O–H groups in total. The predicted molar refractivity (Wildman–Crippen MR) is 108 cm³/mol. The van der Waals surface area contributed by atoms with Gasteiger partial charge in [-0.05, 0) is 36.4 Å². The zero-order chi connectivity index (χ0) is 24.2. The Bertz CT molecular complexity index is 1070. The second-order valence-electron chi connectivity index (χ2n) is 7.25. The van der Waals surface area contributed by atoms with Crippen LogP contribution in [-0.4, -0.2) is 63.3 Å². The number of nitriles is 2. The Balaban J connectivity index is 1.82. The third-order valence-corrected chi connectivity index (χ3v) is 6.27. The number of hydrogen-bond donors (Lipinski definition) is 2. The third-order valence-electron chi connectivity index (χ3n) is 4.85. The van der Waals surface area contributed by atoms with Gasteiger partial charge in [0.1, 0.15) is 11.7 Å². The van der Waals surface area contributed by atoms with Gasteiger partial charge in [-0.15, -0.1) is 4.31 Å². The number of nitrogens with zero attached hydrogens (tertiary/aromatic N) is 3. The van der Waals surface area contributed by atoms with Crippen molar-refractivity contribution < 1.29 is 37.4 Å². The van der Waals surface area contributed by atoms with E-state index in [2.05, 4.69) is 0 Å². The maximum absolute atomic E-state index is 12.9. The highest BCUT2D eigenvalue weighted by atomic mass is 32.2. The van der Waals surface area contributed by atoms with Crippen molar-refractivity contribution in [3.8, 4) is 23.6 Å². The van der Waals surface area contributed by atoms with Gasteiger partial charge in [0.05, 0.1) is 54.3 Å². The van der Waals surface area contributed by atoms with Gasteiger partial charge in [-0.2, -0.15) is 23.7 Å². The summed E-state index contributed by atoms with van der Waals surface area (Å²) in [6.07, 6.45) is -5.81. The summed E-state index contributed by atoms with van der Waals surface area (Å²) in [4.78, 5) is 0.350. The van der Waals surface area contributed by atoms with Crippen molar-refractivity contribution in [3.63, 3.8) is 0 Å². The van der Waals surface area contributed by atoms with E-state index in [-0.39, 0.29) is 30.2 Å². The number of ether oxygens (including phenoxy) is 2. The lowest BCUT2D eigenvalue weighted by Gasteiger charge is -2.27. The fourth-order valence-corrected chi connectivity index (χ4v) is 4.43. The topological polar surface area (TPSA) is 133 Å². The summed E-state index contributed by atoms with van der Waals surface area (Å²) in [7, 11) is 0. The number of aliphatic hydroxyl groups excluding tert-OH is 1. The quantitative estimate of drug-likeness (QED) is 0.573. The van der Waals surface area contributed by atoms with E-state index in [1.165, 1.54) is 40.7 Å². The molecule has 0 aliphatic carbocycles. The lowest BCUT2D eigenvalue weighted by molar-refractivity contribution is -0.153. The van der Waals surface area contributed by atoms with Crippen molar-refractivity contribution in [2.24, 2.45) is 0 Å². The molecule has 3 rings (SSSR count). The molecule has 2 unspecified atom stereocenters. The van der Waals surface area contributed by atoms with Gasteiger partial charge in [0.2, 0.25) is 0 Å². The van der Waals surface area contributed by atoms with Crippen LogP contribution in [0.3, 0.4) is 0 Å². The Morgan fingerprint density at radius 2 is 1.76 bits per heavy atom. The molecule has 3 atom stereocenters. The Morgan fingerprint density at radius 1 is 1.12 bits per heavy atom. The minimum atomic E-state index is -4.63. The number of alkyl halides is 3. The number of β-amino-alcohol motifs (C(OH)–C–C–N with tert-alkyl or cyclic N) is 1. The Hall–Kier alpha value is -3.00. The Labute approximate surface area is 190 Å². The second-order valence-corrected chi connectivity index (χ2v) is 8.74. The summed E-state index contributed by atoms with van der Waals surface area (Å²) in [5.41, 5.74) is -1.47. The molecular formula is C21H18F3N3O5S. The molecule has 2 aromatic rings. The maximum atomic E-state index is 12.9. The molecule has 0 aromatic heterocycles. The average molecular weight is 481 g/mol. The van der Waals surface area contributed by atoms with E-state index in [1.54, 1.807) is 6.07 Å². The van der Waals surface area contributed by atoms with Crippen LogP contribution in [0, 0.1) is 22.7 Å². The Morgan fingerprint density at radius 3 is 2.33 bits per heavy atom. The largest absolute Gasteiger partial charge is 0.593 e. The zero-order valence-corrected chi connectivity index (χ0v) is 17.8. The molecule has 1 fully saturated rings. The van der Waals surface area contributed by atoms with Gasteiger partial charge in [0.25, 0.3) is 0 Å². The van der Waals surface area contributed by atoms with Gasteiger partial charge >= 0.3 is 6.18 Å². The molecule has 0 bridgehead atoms. The summed E-state index contributed by atoms with van der Waals surface area (Å²) in [5.74, 6) is -0.542. The van der Waals surface area contributed by atoms with Crippen LogP contribution in [0.1, 0.15) is 11.1 Å². The Kier molecular flexibility index (Phi) is 7.37. The fraction of sp³-hybridized carbons (Fsp3) is 0.333. The number of halogens is 3. The predicted octanol–water partition coefficient (Wildman–Crippen LogP) is 1.88. The van der Waals surface area contributed by atoms with Gasteiger partial charge in [-0.1, -0.05) is 0 Å². The number of benzene rings is 2. The number of aliphatic hydroxyl groups is 2. The van der Waals surface area contributed by atoms with Crippen LogP contribution < -0.4 is 9.47 Å². The van der Waals surface area contributed by atoms with E-state index in [4.69, 9.17) is 20.0 Å². The van der Waals surface area contributed by atoms with Crippen LogP contribution in [-0.2, 0) is 11.4 Å². The van der Waals surface area contributed by atoms with Gasteiger partial charge < -0.3 is 24.2 Å². The first-order valence-corrected chi connectivity index (χ1v) is 10.6. The third kappa shape index (κ3) is 5.87. The monoisotopic (exact) mass is 481 g/mol. The first-order valence-electron chi connectivity index (χ1n) is 9.49. The maximum Gasteiger partial charge on any atom is 0.422 e. The van der Waals surface area contributed by atoms with Crippen LogP contribution >= 0.6 is 0 Å². The fourth-order valence-electron chi connectivity index (χ4n) is 3.15. The van der Waals surface area contributed by atoms with Crippen LogP contribution in [0.2, 0.25) is 0 Å². The van der Waals surface area contributed by atoms with E-state index >= 15 is 0 Å². The van der Waals surface area contributed by atoms with E-state index in [1.807, 2.05) is 6.07 Å². The number of hydrogen-bond acceptors (Lipinski definition) is 8. The highest BCUT2D eigenvalue weighted by Crippen LogP contribution is 2.35. The van der Waals surface area contributed by atoms with Gasteiger partial charge in [0, 0.05) is 6.07 Å². The van der Waals surface area contributed by atoms with Crippen molar-refractivity contribution in [1.82, 2.24) is 4.31 Å². The lowest BCUT2D eigenvalue weighted by atomic mass is 10.0. The van der Waals surface area contributed by atoms with Crippen LogP contribution in [0.4, 0.5) is 13.2 Å². The van der Waals surface area contributed by atoms with E-state index in [0.29, 0.717) is 10.5 Å². The van der Waals surface area contributed by atoms with Gasteiger partial charge in [-0.3, -0.25) is 0 Å². The second kappa shape index (κ2) is 9.87. The molecule has 0 spiro atoms. The van der Waals surface area contributed by atoms with Crippen molar-refractivity contribution >= 4 is 11.4 Å². The molecule has 174 valence electrons. The molecule has 12 heteroatoms. The molecule has 8 nitrogen and oxygen atoms in total. The summed E-state index contributed by atoms with van der Waals surface area (Å²) in [6, 6.07) is 13.3. The minimum Gasteiger partial charge on any atom is -0.593 e. The van der Waals surface area contributed by atoms with Crippen LogP contribution in [0.25, 0.3) is 0 Å². The smallest absolute Gasteiger partial charge is 0.422 e. The highest BCUT2D eigenvalue weighted by Gasteiger charge is 2.51. The standard InChI is InChI=1S/C21H18F3N3O5S/c22-21(23,24)13-31-18-7-15(9-26)3-6-17(18)32-19-10-27(11-20(19,29)12-28)33(30)16-4-1-14(8-25)2-5-16/h1-7,19,28-29H,10-13H2/t19-,20?,33?/m0/s1. The van der Waals surface area contributed by atoms with E-state index in [0.717, 1.165) is 6.07 Å². The summed E-state index contributed by atoms with van der Waals surface area (Å²) < 4.78 is 62.6. The average Bonchev–Trinajstić information content (AvgIpc) is 3.14. The summed E-state index contributed by atoms with van der Waals surface area (Å²) in [5, 5.41) is 38.5. The molecule has 0 amide bonds. The lowest BCUT2D eigenvalue weighted by Crippen LogP contribution is -2.48. The van der Waals surface area contributed by atoms with E-state index < -0.39 is 42.5 Å². The zero-order valence-electron chi connectivity index (χ0n) is 17.0. The van der Waals surface area contributed by atoms with Crippen molar-refractivity contribution in [2.75, 3.05) is 26.3 Å². The normalized spacial score (nSPS) is 21.8. The molecule has 1 aliphatic rings. The van der Waals surface area contributed by atoms with Crippen molar-refractivity contribution in [2.45, 2.75) is 22.8 Å². The molecule has 2 aromatic carbocycles. The molecule has 0 radical (unpaired) electrons. The number of rotatable bonds is 7. The summed E-state index contributed by atoms with van der Waals surface area (Å²) >= 11 is -1.77. The first-order chi connectivity index (χ1) is 15.6. The van der Waals surface area contributed by atoms with Crippen LogP contribution in [0.15, 0.2) is 47.4 Å². The van der Waals surface area contributed by atoms with E-state index in [9.17, 15) is 27.9 Å². The van der Waals surface area contributed by atoms with Crippen molar-refractivity contribution in [3.05, 3.63) is 53.6 Å². The van der Waals surface area contributed by atoms with Gasteiger partial charge in [-0.25, -0.2) is 0 Å². The summed E-state index contributed by atoms with van der Waals surface area (Å²) in [6.45, 7) is -2.78. The molecule has 0 saturated carbocycles.